The smallest absolute Gasteiger partial charge is 0.323 e. The lowest BCUT2D eigenvalue weighted by Crippen LogP contribution is -2.62. The second-order valence-electron chi connectivity index (χ2n) is 3.66. The molecule has 1 aliphatic heterocycles. The van der Waals surface area contributed by atoms with Crippen molar-refractivity contribution in [3.63, 3.8) is 0 Å². The van der Waals surface area contributed by atoms with Gasteiger partial charge >= 0.3 is 5.97 Å². The molecule has 0 amide bonds. The third-order valence-corrected chi connectivity index (χ3v) is 2.18. The van der Waals surface area contributed by atoms with Crippen molar-refractivity contribution in [2.75, 3.05) is 6.54 Å². The summed E-state index contributed by atoms with van der Waals surface area (Å²) >= 11 is 0. The third kappa shape index (κ3) is 1.53. The molecule has 1 saturated heterocycles. The van der Waals surface area contributed by atoms with E-state index < -0.39 is 11.5 Å². The highest BCUT2D eigenvalue weighted by Gasteiger charge is 2.44. The first-order valence-electron chi connectivity index (χ1n) is 4.05. The molecule has 1 aliphatic rings. The van der Waals surface area contributed by atoms with E-state index in [9.17, 15) is 4.79 Å². The van der Waals surface area contributed by atoms with Gasteiger partial charge in [-0.15, -0.1) is 0 Å². The third-order valence-electron chi connectivity index (χ3n) is 2.18. The van der Waals surface area contributed by atoms with Gasteiger partial charge in [-0.25, -0.2) is 0 Å². The summed E-state index contributed by atoms with van der Waals surface area (Å²) in [7, 11) is 0. The topological polar surface area (TPSA) is 49.3 Å². The van der Waals surface area contributed by atoms with Gasteiger partial charge < -0.3 is 10.4 Å². The molecule has 0 radical (unpaired) electrons. The van der Waals surface area contributed by atoms with Crippen LogP contribution < -0.4 is 5.32 Å². The van der Waals surface area contributed by atoms with Crippen molar-refractivity contribution in [2.45, 2.75) is 32.2 Å². The first-order chi connectivity index (χ1) is 5.07. The van der Waals surface area contributed by atoms with Crippen molar-refractivity contribution in [2.24, 2.45) is 5.92 Å². The Morgan fingerprint density at radius 3 is 2.36 bits per heavy atom. The molecule has 0 saturated carbocycles. The normalized spacial score (nSPS) is 30.1. The lowest BCUT2D eigenvalue weighted by molar-refractivity contribution is -0.149. The van der Waals surface area contributed by atoms with Crippen LogP contribution in [-0.2, 0) is 4.79 Å². The largest absolute Gasteiger partial charge is 0.480 e. The average Bonchev–Trinajstić information content (AvgIpc) is 1.77. The summed E-state index contributed by atoms with van der Waals surface area (Å²) in [5, 5.41) is 11.9. The average molecular weight is 157 g/mol. The molecule has 64 valence electrons. The van der Waals surface area contributed by atoms with Gasteiger partial charge in [0, 0.05) is 0 Å². The number of aliphatic carboxylic acids is 1. The van der Waals surface area contributed by atoms with Crippen LogP contribution in [0.25, 0.3) is 0 Å². The molecule has 0 aromatic heterocycles. The molecule has 0 aliphatic carbocycles. The molecular formula is C8H15NO2. The zero-order chi connectivity index (χ0) is 8.48. The molecular weight excluding hydrogens is 142 g/mol. The van der Waals surface area contributed by atoms with Gasteiger partial charge in [-0.05, 0) is 25.3 Å². The van der Waals surface area contributed by atoms with Crippen molar-refractivity contribution < 1.29 is 9.90 Å². The lowest BCUT2D eigenvalue weighted by atomic mass is 9.80. The van der Waals surface area contributed by atoms with E-state index in [1.54, 1.807) is 0 Å². The van der Waals surface area contributed by atoms with Crippen LogP contribution >= 0.6 is 0 Å². The molecule has 3 nitrogen and oxygen atoms in total. The first kappa shape index (κ1) is 8.53. The van der Waals surface area contributed by atoms with Gasteiger partial charge in [-0.2, -0.15) is 0 Å². The quantitative estimate of drug-likeness (QED) is 0.638. The maximum Gasteiger partial charge on any atom is 0.323 e. The maximum absolute atomic E-state index is 10.8. The van der Waals surface area contributed by atoms with Gasteiger partial charge in [0.25, 0.3) is 0 Å². The first-order valence-corrected chi connectivity index (χ1v) is 4.05. The van der Waals surface area contributed by atoms with Crippen LogP contribution in [0.3, 0.4) is 0 Å². The summed E-state index contributed by atoms with van der Waals surface area (Å²) in [6.07, 6.45) is 1.52. The van der Waals surface area contributed by atoms with Crippen molar-refractivity contribution >= 4 is 5.97 Å². The van der Waals surface area contributed by atoms with Crippen LogP contribution in [0.15, 0.2) is 0 Å². The molecule has 1 atom stereocenters. The lowest BCUT2D eigenvalue weighted by Gasteiger charge is -2.40. The Kier molecular flexibility index (Phi) is 2.18. The number of carboxylic acid groups (broad SMARTS) is 1. The summed E-state index contributed by atoms with van der Waals surface area (Å²) < 4.78 is 0. The van der Waals surface area contributed by atoms with E-state index in [-0.39, 0.29) is 0 Å². The maximum atomic E-state index is 10.8. The zero-order valence-corrected chi connectivity index (χ0v) is 7.05. The summed E-state index contributed by atoms with van der Waals surface area (Å²) in [4.78, 5) is 10.8. The van der Waals surface area contributed by atoms with E-state index in [0.29, 0.717) is 5.92 Å². The van der Waals surface area contributed by atoms with Gasteiger partial charge in [-0.1, -0.05) is 13.8 Å². The number of hydrogen-bond acceptors (Lipinski definition) is 2. The Morgan fingerprint density at radius 2 is 2.27 bits per heavy atom. The Labute approximate surface area is 66.8 Å². The Hall–Kier alpha value is -0.570. The van der Waals surface area contributed by atoms with Crippen LogP contribution in [0.4, 0.5) is 0 Å². The van der Waals surface area contributed by atoms with Gasteiger partial charge in [0.15, 0.2) is 0 Å². The van der Waals surface area contributed by atoms with E-state index in [0.717, 1.165) is 19.4 Å². The highest BCUT2D eigenvalue weighted by Crippen LogP contribution is 2.26. The van der Waals surface area contributed by atoms with E-state index in [4.69, 9.17) is 5.11 Å². The summed E-state index contributed by atoms with van der Waals surface area (Å²) in [5.74, 6) is -0.253. The van der Waals surface area contributed by atoms with Gasteiger partial charge in [0.05, 0.1) is 0 Å². The molecule has 11 heavy (non-hydrogen) atoms. The van der Waals surface area contributed by atoms with Crippen LogP contribution in [0.2, 0.25) is 0 Å². The number of carboxylic acids is 1. The number of hydrogen-bond donors (Lipinski definition) is 2. The Bertz CT molecular complexity index is 161. The molecule has 0 aromatic rings. The summed E-state index contributed by atoms with van der Waals surface area (Å²) in [6, 6.07) is 0. The molecule has 0 bridgehead atoms. The van der Waals surface area contributed by atoms with Crippen molar-refractivity contribution in [1.29, 1.82) is 0 Å². The predicted molar refractivity (Wildman–Crippen MR) is 42.4 cm³/mol. The fourth-order valence-electron chi connectivity index (χ4n) is 1.57. The minimum absolute atomic E-state index is 0.443. The molecule has 1 fully saturated rings. The molecule has 0 spiro atoms. The summed E-state index contributed by atoms with van der Waals surface area (Å²) in [6.45, 7) is 4.94. The van der Waals surface area contributed by atoms with Crippen molar-refractivity contribution in [1.82, 2.24) is 5.32 Å². The van der Waals surface area contributed by atoms with Crippen molar-refractivity contribution in [3.05, 3.63) is 0 Å². The minimum atomic E-state index is -0.697. The fraction of sp³-hybridized carbons (Fsp3) is 0.875. The zero-order valence-electron chi connectivity index (χ0n) is 7.05. The second-order valence-corrected chi connectivity index (χ2v) is 3.66. The van der Waals surface area contributed by atoms with E-state index in [1.165, 1.54) is 0 Å². The fourth-order valence-corrected chi connectivity index (χ4v) is 1.57. The van der Waals surface area contributed by atoms with Gasteiger partial charge in [-0.3, -0.25) is 4.79 Å². The standard InChI is InChI=1S/C8H15NO2/c1-6(2)5-8(7(10)11)3-4-9-8/h6,9H,3-5H2,1-2H3,(H,10,11)/t8-/m1/s1. The second kappa shape index (κ2) is 2.81. The summed E-state index contributed by atoms with van der Waals surface area (Å²) in [5.41, 5.74) is -0.589. The van der Waals surface area contributed by atoms with Crippen LogP contribution in [0.1, 0.15) is 26.7 Å². The van der Waals surface area contributed by atoms with E-state index in [2.05, 4.69) is 5.32 Å². The monoisotopic (exact) mass is 157 g/mol. The Morgan fingerprint density at radius 1 is 1.73 bits per heavy atom. The van der Waals surface area contributed by atoms with Crippen molar-refractivity contribution in [3.8, 4) is 0 Å². The SMILES string of the molecule is CC(C)C[C@@]1(C(=O)O)CCN1. The molecule has 0 aromatic carbocycles. The molecule has 0 unspecified atom stereocenters. The van der Waals surface area contributed by atoms with E-state index >= 15 is 0 Å². The van der Waals surface area contributed by atoms with Crippen LogP contribution in [0, 0.1) is 5.92 Å². The molecule has 1 heterocycles. The highest BCUT2D eigenvalue weighted by molar-refractivity contribution is 5.80. The molecule has 2 N–H and O–H groups in total. The molecule has 3 heteroatoms. The Balaban J connectivity index is 2.54. The van der Waals surface area contributed by atoms with Gasteiger partial charge in [0.1, 0.15) is 5.54 Å². The number of rotatable bonds is 3. The molecule has 1 rings (SSSR count). The van der Waals surface area contributed by atoms with Crippen LogP contribution in [-0.4, -0.2) is 23.2 Å². The van der Waals surface area contributed by atoms with E-state index in [1.807, 2.05) is 13.8 Å². The highest BCUT2D eigenvalue weighted by atomic mass is 16.4. The predicted octanol–water partition coefficient (Wildman–Crippen LogP) is 0.849. The number of carbonyl (C=O) groups is 1. The van der Waals surface area contributed by atoms with Crippen LogP contribution in [0.5, 0.6) is 0 Å². The minimum Gasteiger partial charge on any atom is -0.480 e. The van der Waals surface area contributed by atoms with Gasteiger partial charge in [0.2, 0.25) is 0 Å². The number of nitrogens with one attached hydrogen (secondary N) is 1.